The topological polar surface area (TPSA) is 52.3 Å². The molecule has 0 amide bonds. The Bertz CT molecular complexity index is 631. The van der Waals surface area contributed by atoms with Gasteiger partial charge >= 0.3 is 0 Å². The quantitative estimate of drug-likeness (QED) is 0.836. The molecule has 106 valence electrons. The van der Waals surface area contributed by atoms with Gasteiger partial charge in [-0.1, -0.05) is 28.1 Å². The molecule has 2 aromatic carbocycles. The average molecular weight is 354 g/mol. The van der Waals surface area contributed by atoms with Gasteiger partial charge < -0.3 is 10.5 Å². The van der Waals surface area contributed by atoms with E-state index in [9.17, 15) is 4.21 Å². The highest BCUT2D eigenvalue weighted by molar-refractivity contribution is 9.10. The van der Waals surface area contributed by atoms with E-state index in [-0.39, 0.29) is 0 Å². The van der Waals surface area contributed by atoms with Crippen LogP contribution in [0.1, 0.15) is 5.56 Å². The molecule has 0 aliphatic heterocycles. The van der Waals surface area contributed by atoms with Crippen molar-refractivity contribution in [1.29, 1.82) is 0 Å². The Labute approximate surface area is 129 Å². The minimum Gasteiger partial charge on any atom is -0.493 e. The monoisotopic (exact) mass is 353 g/mol. The second-order valence-electron chi connectivity index (χ2n) is 4.38. The van der Waals surface area contributed by atoms with Crippen molar-refractivity contribution in [2.45, 2.75) is 11.8 Å². The highest BCUT2D eigenvalue weighted by Crippen LogP contribution is 2.19. The smallest absolute Gasteiger partial charge is 0.120 e. The molecule has 0 radical (unpaired) electrons. The molecule has 0 bridgehead atoms. The molecule has 2 rings (SSSR count). The highest BCUT2D eigenvalue weighted by Gasteiger charge is 2.08. The Balaban J connectivity index is 1.94. The number of rotatable bonds is 5. The molecule has 0 aliphatic carbocycles. The van der Waals surface area contributed by atoms with Gasteiger partial charge in [0.15, 0.2) is 0 Å². The average Bonchev–Trinajstić information content (AvgIpc) is 2.41. The normalized spacial score (nSPS) is 12.1. The van der Waals surface area contributed by atoms with Crippen LogP contribution in [0.5, 0.6) is 5.75 Å². The maximum absolute atomic E-state index is 12.2. The Kier molecular flexibility index (Phi) is 5.20. The molecular weight excluding hydrogens is 338 g/mol. The van der Waals surface area contributed by atoms with Gasteiger partial charge in [-0.2, -0.15) is 0 Å². The molecule has 20 heavy (non-hydrogen) atoms. The van der Waals surface area contributed by atoms with Gasteiger partial charge in [-0.3, -0.25) is 4.21 Å². The molecule has 2 N–H and O–H groups in total. The number of hydrogen-bond acceptors (Lipinski definition) is 3. The summed E-state index contributed by atoms with van der Waals surface area (Å²) < 4.78 is 18.8. The minimum atomic E-state index is -1.10. The van der Waals surface area contributed by atoms with E-state index in [1.807, 2.05) is 43.3 Å². The zero-order chi connectivity index (χ0) is 14.5. The third kappa shape index (κ3) is 4.08. The second kappa shape index (κ2) is 6.90. The van der Waals surface area contributed by atoms with Crippen LogP contribution in [0.25, 0.3) is 0 Å². The fourth-order valence-corrected chi connectivity index (χ4v) is 3.29. The summed E-state index contributed by atoms with van der Waals surface area (Å²) in [7, 11) is -1.10. The van der Waals surface area contributed by atoms with Gasteiger partial charge in [0, 0.05) is 15.1 Å². The minimum absolute atomic E-state index is 0.400. The number of halogens is 1. The van der Waals surface area contributed by atoms with Crippen molar-refractivity contribution in [2.75, 3.05) is 18.1 Å². The Morgan fingerprint density at radius 1 is 1.25 bits per heavy atom. The van der Waals surface area contributed by atoms with E-state index in [0.29, 0.717) is 18.0 Å². The number of aryl methyl sites for hydroxylation is 1. The molecular formula is C15H16BrNO2S. The fourth-order valence-electron chi connectivity index (χ4n) is 1.76. The van der Waals surface area contributed by atoms with Gasteiger partial charge in [-0.05, 0) is 42.8 Å². The lowest BCUT2D eigenvalue weighted by atomic mass is 10.2. The van der Waals surface area contributed by atoms with Crippen molar-refractivity contribution in [3.05, 3.63) is 52.5 Å². The molecule has 0 spiro atoms. The predicted octanol–water partition coefficient (Wildman–Crippen LogP) is 3.53. The zero-order valence-electron chi connectivity index (χ0n) is 11.1. The molecule has 0 saturated heterocycles. The maximum atomic E-state index is 12.2. The molecule has 5 heteroatoms. The summed E-state index contributed by atoms with van der Waals surface area (Å²) in [6.45, 7) is 2.33. The first-order chi connectivity index (χ1) is 9.56. The van der Waals surface area contributed by atoms with E-state index in [2.05, 4.69) is 15.9 Å². The van der Waals surface area contributed by atoms with Gasteiger partial charge in [0.05, 0.1) is 16.6 Å². The summed E-state index contributed by atoms with van der Waals surface area (Å²) in [5, 5.41) is 0. The molecule has 0 saturated carbocycles. The van der Waals surface area contributed by atoms with Gasteiger partial charge in [0.2, 0.25) is 0 Å². The molecule has 3 nitrogen and oxygen atoms in total. The Hall–Kier alpha value is -1.33. The largest absolute Gasteiger partial charge is 0.493 e. The van der Waals surface area contributed by atoms with Crippen LogP contribution in [0.2, 0.25) is 0 Å². The molecule has 0 fully saturated rings. The van der Waals surface area contributed by atoms with Crippen molar-refractivity contribution in [2.24, 2.45) is 0 Å². The van der Waals surface area contributed by atoms with Gasteiger partial charge in [-0.25, -0.2) is 0 Å². The first-order valence-corrected chi connectivity index (χ1v) is 8.30. The lowest BCUT2D eigenvalue weighted by molar-refractivity contribution is 0.342. The lowest BCUT2D eigenvalue weighted by Gasteiger charge is -2.09. The lowest BCUT2D eigenvalue weighted by Crippen LogP contribution is -2.10. The number of benzene rings is 2. The third-order valence-electron chi connectivity index (χ3n) is 2.79. The van der Waals surface area contributed by atoms with Crippen LogP contribution in [0.3, 0.4) is 0 Å². The van der Waals surface area contributed by atoms with E-state index < -0.39 is 10.8 Å². The van der Waals surface area contributed by atoms with Crippen molar-refractivity contribution in [1.82, 2.24) is 0 Å². The van der Waals surface area contributed by atoms with E-state index in [1.54, 1.807) is 6.07 Å². The second-order valence-corrected chi connectivity index (χ2v) is 6.84. The van der Waals surface area contributed by atoms with E-state index in [0.717, 1.165) is 20.7 Å². The molecule has 0 heterocycles. The first kappa shape index (κ1) is 15.1. The summed E-state index contributed by atoms with van der Waals surface area (Å²) in [5.74, 6) is 1.21. The molecule has 0 aromatic heterocycles. The standard InChI is InChI=1S/C15H16BrNO2S/c1-11-5-6-13(17)10-15(11)20(18)8-7-19-14-4-2-3-12(16)9-14/h2-6,9-10H,7-8,17H2,1H3. The van der Waals surface area contributed by atoms with Crippen molar-refractivity contribution in [3.63, 3.8) is 0 Å². The van der Waals surface area contributed by atoms with Crippen LogP contribution in [0.4, 0.5) is 5.69 Å². The Morgan fingerprint density at radius 3 is 2.80 bits per heavy atom. The fraction of sp³-hybridized carbons (Fsp3) is 0.200. The van der Waals surface area contributed by atoms with Gasteiger partial charge in [0.1, 0.15) is 12.4 Å². The van der Waals surface area contributed by atoms with Gasteiger partial charge in [-0.15, -0.1) is 0 Å². The zero-order valence-corrected chi connectivity index (χ0v) is 13.5. The number of nitrogens with two attached hydrogens (primary N) is 1. The summed E-state index contributed by atoms with van der Waals surface area (Å²) in [5.41, 5.74) is 7.35. The summed E-state index contributed by atoms with van der Waals surface area (Å²) >= 11 is 3.38. The third-order valence-corrected chi connectivity index (χ3v) is 4.75. The number of anilines is 1. The van der Waals surface area contributed by atoms with Crippen molar-refractivity contribution >= 4 is 32.4 Å². The van der Waals surface area contributed by atoms with Crippen LogP contribution < -0.4 is 10.5 Å². The van der Waals surface area contributed by atoms with Crippen LogP contribution >= 0.6 is 15.9 Å². The van der Waals surface area contributed by atoms with Crippen LogP contribution in [-0.4, -0.2) is 16.6 Å². The van der Waals surface area contributed by atoms with Crippen molar-refractivity contribution in [3.8, 4) is 5.75 Å². The maximum Gasteiger partial charge on any atom is 0.120 e. The Morgan fingerprint density at radius 2 is 2.05 bits per heavy atom. The van der Waals surface area contributed by atoms with Crippen LogP contribution in [0.15, 0.2) is 51.8 Å². The summed E-state index contributed by atoms with van der Waals surface area (Å²) in [6, 6.07) is 13.1. The summed E-state index contributed by atoms with van der Waals surface area (Å²) in [4.78, 5) is 0.780. The SMILES string of the molecule is Cc1ccc(N)cc1S(=O)CCOc1cccc(Br)c1. The number of nitrogen functional groups attached to an aromatic ring is 1. The summed E-state index contributed by atoms with van der Waals surface area (Å²) in [6.07, 6.45) is 0. The molecule has 1 unspecified atom stereocenters. The van der Waals surface area contributed by atoms with E-state index >= 15 is 0 Å². The molecule has 1 atom stereocenters. The van der Waals surface area contributed by atoms with Gasteiger partial charge in [0.25, 0.3) is 0 Å². The van der Waals surface area contributed by atoms with E-state index in [1.165, 1.54) is 0 Å². The number of ether oxygens (including phenoxy) is 1. The van der Waals surface area contributed by atoms with Crippen LogP contribution in [0, 0.1) is 6.92 Å². The highest BCUT2D eigenvalue weighted by atomic mass is 79.9. The van der Waals surface area contributed by atoms with Crippen LogP contribution in [-0.2, 0) is 10.8 Å². The first-order valence-electron chi connectivity index (χ1n) is 6.19. The van der Waals surface area contributed by atoms with E-state index in [4.69, 9.17) is 10.5 Å². The number of hydrogen-bond donors (Lipinski definition) is 1. The van der Waals surface area contributed by atoms with Crippen molar-refractivity contribution < 1.29 is 8.95 Å². The molecule has 2 aromatic rings. The predicted molar refractivity (Wildman–Crippen MR) is 86.5 cm³/mol. The molecule has 0 aliphatic rings.